The highest BCUT2D eigenvalue weighted by molar-refractivity contribution is 6.09. The van der Waals surface area contributed by atoms with E-state index in [-0.39, 0.29) is 5.56 Å². The minimum atomic E-state index is -0.962. The average molecular weight is 425 g/mol. The zero-order chi connectivity index (χ0) is 22.2. The fourth-order valence-corrected chi connectivity index (χ4v) is 4.41. The number of carbonyl (C=O) groups is 1. The number of methoxy groups -OCH3 is 1. The number of hydrogen-bond donors (Lipinski definition) is 1. The molecule has 0 aliphatic rings. The molecule has 0 bridgehead atoms. The molecule has 0 spiro atoms. The number of para-hydroxylation sites is 1. The van der Waals surface area contributed by atoms with Gasteiger partial charge in [-0.3, -0.25) is 0 Å². The highest BCUT2D eigenvalue weighted by Crippen LogP contribution is 2.33. The number of imidazole rings is 1. The second kappa shape index (κ2) is 7.98. The fourth-order valence-electron chi connectivity index (χ4n) is 4.41. The number of allylic oxidation sites excluding steroid dienone is 1. The van der Waals surface area contributed by atoms with Gasteiger partial charge >= 0.3 is 5.97 Å². The lowest BCUT2D eigenvalue weighted by Gasteiger charge is -2.09. The second-order valence-corrected chi connectivity index (χ2v) is 7.74. The van der Waals surface area contributed by atoms with E-state index in [1.54, 1.807) is 19.2 Å². The highest BCUT2D eigenvalue weighted by Gasteiger charge is 2.17. The molecule has 160 valence electrons. The fraction of sp³-hybridized carbons (Fsp3) is 0.154. The monoisotopic (exact) mass is 425 g/mol. The van der Waals surface area contributed by atoms with Crippen LogP contribution in [0.2, 0.25) is 0 Å². The molecule has 0 amide bonds. The number of carboxylic acid groups (broad SMARTS) is 1. The Labute approximate surface area is 185 Å². The summed E-state index contributed by atoms with van der Waals surface area (Å²) in [5.41, 5.74) is 5.05. The van der Waals surface area contributed by atoms with Gasteiger partial charge < -0.3 is 19.0 Å². The average Bonchev–Trinajstić information content (AvgIpc) is 3.33. The first-order valence-corrected chi connectivity index (χ1v) is 10.5. The van der Waals surface area contributed by atoms with Gasteiger partial charge in [0, 0.05) is 47.6 Å². The van der Waals surface area contributed by atoms with E-state index in [1.165, 1.54) is 10.9 Å². The highest BCUT2D eigenvalue weighted by atomic mass is 16.5. The van der Waals surface area contributed by atoms with Gasteiger partial charge in [-0.25, -0.2) is 9.78 Å². The molecule has 0 radical (unpaired) electrons. The summed E-state index contributed by atoms with van der Waals surface area (Å²) in [5.74, 6) is -0.168. The van der Waals surface area contributed by atoms with Crippen LogP contribution in [0.4, 0.5) is 0 Å². The van der Waals surface area contributed by atoms with Crippen molar-refractivity contribution >= 4 is 38.8 Å². The minimum Gasteiger partial charge on any atom is -0.478 e. The van der Waals surface area contributed by atoms with Crippen molar-refractivity contribution in [1.82, 2.24) is 14.1 Å². The van der Waals surface area contributed by atoms with Gasteiger partial charge in [0.15, 0.2) is 0 Å². The SMILES string of the molecule is C=CCn1c2ccccc2c2cc(-c3nc4cc(C(=O)O)ccc4n3CCOC)ccc21. The Hall–Kier alpha value is -3.90. The molecule has 5 rings (SSSR count). The summed E-state index contributed by atoms with van der Waals surface area (Å²) >= 11 is 0. The Morgan fingerprint density at radius 2 is 1.81 bits per heavy atom. The van der Waals surface area contributed by atoms with Crippen molar-refractivity contribution in [1.29, 1.82) is 0 Å². The van der Waals surface area contributed by atoms with Gasteiger partial charge in [-0.1, -0.05) is 24.3 Å². The third kappa shape index (κ3) is 3.16. The van der Waals surface area contributed by atoms with E-state index < -0.39 is 5.97 Å². The van der Waals surface area contributed by atoms with Crippen LogP contribution in [0.15, 0.2) is 73.3 Å². The second-order valence-electron chi connectivity index (χ2n) is 7.74. The van der Waals surface area contributed by atoms with Crippen LogP contribution in [0.3, 0.4) is 0 Å². The lowest BCUT2D eigenvalue weighted by atomic mass is 10.1. The molecule has 6 heteroatoms. The zero-order valence-electron chi connectivity index (χ0n) is 17.8. The summed E-state index contributed by atoms with van der Waals surface area (Å²) in [6.45, 7) is 5.78. The normalized spacial score (nSPS) is 11.5. The van der Waals surface area contributed by atoms with Crippen LogP contribution in [-0.4, -0.2) is 38.9 Å². The minimum absolute atomic E-state index is 0.225. The summed E-state index contributed by atoms with van der Waals surface area (Å²) in [6.07, 6.45) is 1.91. The molecule has 32 heavy (non-hydrogen) atoms. The molecule has 0 atom stereocenters. The predicted octanol–water partition coefficient (Wildman–Crippen LogP) is 5.34. The number of hydrogen-bond acceptors (Lipinski definition) is 3. The van der Waals surface area contributed by atoms with Gasteiger partial charge in [0.1, 0.15) is 5.82 Å². The third-order valence-electron chi connectivity index (χ3n) is 5.86. The van der Waals surface area contributed by atoms with Crippen LogP contribution in [0.25, 0.3) is 44.2 Å². The molecule has 2 aromatic heterocycles. The van der Waals surface area contributed by atoms with Gasteiger partial charge in [-0.05, 0) is 42.5 Å². The molecule has 2 heterocycles. The molecule has 3 aromatic carbocycles. The first-order chi connectivity index (χ1) is 15.6. The first-order valence-electron chi connectivity index (χ1n) is 10.5. The van der Waals surface area contributed by atoms with Crippen LogP contribution in [0, 0.1) is 0 Å². The Kier molecular flexibility index (Phi) is 4.99. The van der Waals surface area contributed by atoms with Crippen LogP contribution in [0.5, 0.6) is 0 Å². The molecule has 0 aliphatic heterocycles. The van der Waals surface area contributed by atoms with Crippen molar-refractivity contribution in [3.63, 3.8) is 0 Å². The van der Waals surface area contributed by atoms with E-state index >= 15 is 0 Å². The Balaban J connectivity index is 1.75. The number of fused-ring (bicyclic) bond motifs is 4. The summed E-state index contributed by atoms with van der Waals surface area (Å²) in [6, 6.07) is 19.8. The summed E-state index contributed by atoms with van der Waals surface area (Å²) in [5, 5.41) is 11.7. The summed E-state index contributed by atoms with van der Waals surface area (Å²) < 4.78 is 9.67. The number of rotatable bonds is 7. The van der Waals surface area contributed by atoms with E-state index in [0.29, 0.717) is 18.7 Å². The topological polar surface area (TPSA) is 69.3 Å². The van der Waals surface area contributed by atoms with E-state index in [0.717, 1.165) is 34.4 Å². The molecule has 0 fully saturated rings. The first kappa shape index (κ1) is 20.0. The van der Waals surface area contributed by atoms with E-state index in [4.69, 9.17) is 9.72 Å². The van der Waals surface area contributed by atoms with Crippen molar-refractivity contribution < 1.29 is 14.6 Å². The Morgan fingerprint density at radius 1 is 1.03 bits per heavy atom. The molecule has 5 aromatic rings. The van der Waals surface area contributed by atoms with Gasteiger partial charge in [0.05, 0.1) is 23.2 Å². The van der Waals surface area contributed by atoms with Gasteiger partial charge in [-0.2, -0.15) is 0 Å². The number of nitrogens with zero attached hydrogens (tertiary/aromatic N) is 3. The van der Waals surface area contributed by atoms with E-state index in [1.807, 2.05) is 24.3 Å². The predicted molar refractivity (Wildman–Crippen MR) is 127 cm³/mol. The summed E-state index contributed by atoms with van der Waals surface area (Å²) in [4.78, 5) is 16.3. The number of benzene rings is 3. The standard InChI is InChI=1S/C26H23N3O3/c1-3-12-28-22-7-5-4-6-19(22)20-15-17(8-10-23(20)28)25-27-21-16-18(26(30)31)9-11-24(21)29(25)13-14-32-2/h3-11,15-16H,1,12-14H2,2H3,(H,30,31). The van der Waals surface area contributed by atoms with Gasteiger partial charge in [0.2, 0.25) is 0 Å². The molecular formula is C26H23N3O3. The third-order valence-corrected chi connectivity index (χ3v) is 5.86. The molecule has 0 saturated heterocycles. The summed E-state index contributed by atoms with van der Waals surface area (Å²) in [7, 11) is 1.67. The maximum absolute atomic E-state index is 11.4. The lowest BCUT2D eigenvalue weighted by molar-refractivity contribution is 0.0697. The van der Waals surface area contributed by atoms with Crippen molar-refractivity contribution in [2.75, 3.05) is 13.7 Å². The maximum atomic E-state index is 11.4. The number of carboxylic acids is 1. The lowest BCUT2D eigenvalue weighted by Crippen LogP contribution is -2.06. The van der Waals surface area contributed by atoms with Crippen LogP contribution >= 0.6 is 0 Å². The Morgan fingerprint density at radius 3 is 2.59 bits per heavy atom. The number of ether oxygens (including phenoxy) is 1. The quantitative estimate of drug-likeness (QED) is 0.357. The molecule has 0 saturated carbocycles. The molecule has 0 unspecified atom stereocenters. The smallest absolute Gasteiger partial charge is 0.335 e. The van der Waals surface area contributed by atoms with Crippen LogP contribution < -0.4 is 0 Å². The Bertz CT molecular complexity index is 1490. The maximum Gasteiger partial charge on any atom is 0.335 e. The van der Waals surface area contributed by atoms with Crippen molar-refractivity contribution in [2.45, 2.75) is 13.1 Å². The van der Waals surface area contributed by atoms with Gasteiger partial charge in [-0.15, -0.1) is 6.58 Å². The molecule has 0 aliphatic carbocycles. The van der Waals surface area contributed by atoms with Crippen molar-refractivity contribution in [3.05, 3.63) is 78.9 Å². The molecular weight excluding hydrogens is 402 g/mol. The van der Waals surface area contributed by atoms with Crippen molar-refractivity contribution in [3.8, 4) is 11.4 Å². The number of aromatic carboxylic acids is 1. The van der Waals surface area contributed by atoms with E-state index in [9.17, 15) is 9.90 Å². The zero-order valence-corrected chi connectivity index (χ0v) is 17.8. The van der Waals surface area contributed by atoms with Crippen LogP contribution in [0.1, 0.15) is 10.4 Å². The molecule has 1 N–H and O–H groups in total. The van der Waals surface area contributed by atoms with Crippen LogP contribution in [-0.2, 0) is 17.8 Å². The van der Waals surface area contributed by atoms with E-state index in [2.05, 4.69) is 46.0 Å². The van der Waals surface area contributed by atoms with Crippen molar-refractivity contribution in [2.24, 2.45) is 0 Å². The number of aromatic nitrogens is 3. The largest absolute Gasteiger partial charge is 0.478 e. The molecule has 6 nitrogen and oxygen atoms in total. The van der Waals surface area contributed by atoms with Gasteiger partial charge in [0.25, 0.3) is 0 Å².